The van der Waals surface area contributed by atoms with E-state index in [0.717, 1.165) is 54.7 Å². The van der Waals surface area contributed by atoms with Crippen LogP contribution in [0.4, 0.5) is 0 Å². The van der Waals surface area contributed by atoms with E-state index in [1.54, 1.807) is 5.01 Å². The molecule has 0 spiro atoms. The number of hydrazone groups is 1. The number of hydrogen-bond acceptors (Lipinski definition) is 3. The standard InChI is InChI=1S/C40H48Cl2N2O2/c1-7-39(3,4)30-24-31(40(5,6)8-2)26-34(25-30)46-22-10-13-36(45)44-38(28-16-20-33(42)21-17-28)35-12-9-11-29(37(35)43-44)23-27-14-18-32(41)19-15-27/h14-21,23-26,35,38H,7-13,22H2,1-6H3/b29-23-/t35-,38+/m0/s1. The van der Waals surface area contributed by atoms with Crippen molar-refractivity contribution in [1.29, 1.82) is 0 Å². The molecular formula is C40H48Cl2N2O2. The third-order valence-electron chi connectivity index (χ3n) is 10.2. The number of nitrogens with zero attached hydrogens (tertiary/aromatic N) is 2. The number of halogens is 2. The van der Waals surface area contributed by atoms with Crippen LogP contribution in [0.25, 0.3) is 6.08 Å². The molecule has 3 aromatic carbocycles. The molecule has 244 valence electrons. The Balaban J connectivity index is 1.34. The average molecular weight is 660 g/mol. The number of rotatable bonds is 11. The van der Waals surface area contributed by atoms with Gasteiger partial charge in [0.2, 0.25) is 5.91 Å². The van der Waals surface area contributed by atoms with E-state index >= 15 is 0 Å². The SMILES string of the molecule is CCC(C)(C)c1cc(OCCCC(=O)N2N=C3/C(=C\c4ccc(Cl)cc4)CCC[C@@H]3[C@H]2c2ccc(Cl)cc2)cc(C(C)(C)CC)c1. The molecule has 0 aromatic heterocycles. The third-order valence-corrected chi connectivity index (χ3v) is 10.7. The van der Waals surface area contributed by atoms with Gasteiger partial charge in [-0.25, -0.2) is 5.01 Å². The van der Waals surface area contributed by atoms with Crippen LogP contribution in [0.15, 0.2) is 77.4 Å². The van der Waals surface area contributed by atoms with Crippen molar-refractivity contribution in [2.24, 2.45) is 11.0 Å². The van der Waals surface area contributed by atoms with Crippen LogP contribution in [0.1, 0.15) is 115 Å². The van der Waals surface area contributed by atoms with Crippen molar-refractivity contribution in [3.05, 3.63) is 105 Å². The summed E-state index contributed by atoms with van der Waals surface area (Å²) in [5, 5.41) is 8.20. The minimum absolute atomic E-state index is 0.0185. The van der Waals surface area contributed by atoms with Gasteiger partial charge < -0.3 is 4.74 Å². The van der Waals surface area contributed by atoms with Crippen LogP contribution in [0.2, 0.25) is 10.0 Å². The lowest BCUT2D eigenvalue weighted by molar-refractivity contribution is -0.133. The fourth-order valence-electron chi connectivity index (χ4n) is 6.36. The predicted octanol–water partition coefficient (Wildman–Crippen LogP) is 11.4. The molecule has 1 aliphatic carbocycles. The molecule has 0 N–H and O–H groups in total. The Morgan fingerprint density at radius 3 is 2.09 bits per heavy atom. The molecule has 1 aliphatic heterocycles. The van der Waals surface area contributed by atoms with Crippen molar-refractivity contribution in [3.63, 3.8) is 0 Å². The summed E-state index contributed by atoms with van der Waals surface area (Å²) >= 11 is 12.4. The molecule has 5 rings (SSSR count). The van der Waals surface area contributed by atoms with Crippen molar-refractivity contribution < 1.29 is 9.53 Å². The van der Waals surface area contributed by atoms with Crippen molar-refractivity contribution in [3.8, 4) is 5.75 Å². The Hall–Kier alpha value is -3.08. The Morgan fingerprint density at radius 2 is 1.50 bits per heavy atom. The lowest BCUT2D eigenvalue weighted by Crippen LogP contribution is -2.32. The van der Waals surface area contributed by atoms with Crippen molar-refractivity contribution >= 4 is 40.9 Å². The summed E-state index contributed by atoms with van der Waals surface area (Å²) < 4.78 is 6.35. The minimum Gasteiger partial charge on any atom is -0.494 e. The van der Waals surface area contributed by atoms with E-state index in [1.807, 2.05) is 48.5 Å². The van der Waals surface area contributed by atoms with Gasteiger partial charge >= 0.3 is 0 Å². The molecule has 6 heteroatoms. The van der Waals surface area contributed by atoms with Crippen molar-refractivity contribution in [2.75, 3.05) is 6.61 Å². The summed E-state index contributed by atoms with van der Waals surface area (Å²) in [4.78, 5) is 13.9. The Kier molecular flexibility index (Phi) is 10.7. The molecule has 0 radical (unpaired) electrons. The molecule has 1 amide bonds. The first-order valence-electron chi connectivity index (χ1n) is 16.8. The molecule has 0 unspecified atom stereocenters. The maximum Gasteiger partial charge on any atom is 0.243 e. The summed E-state index contributed by atoms with van der Waals surface area (Å²) in [6.45, 7) is 14.1. The molecule has 1 fully saturated rings. The van der Waals surface area contributed by atoms with E-state index in [2.05, 4.69) is 65.8 Å². The molecule has 0 saturated heterocycles. The Morgan fingerprint density at radius 1 is 0.913 bits per heavy atom. The van der Waals surface area contributed by atoms with Crippen LogP contribution < -0.4 is 4.74 Å². The number of hydrogen-bond donors (Lipinski definition) is 0. The van der Waals surface area contributed by atoms with E-state index < -0.39 is 0 Å². The van der Waals surface area contributed by atoms with E-state index in [0.29, 0.717) is 29.5 Å². The first-order chi connectivity index (χ1) is 21.9. The van der Waals surface area contributed by atoms with Crippen LogP contribution in [-0.4, -0.2) is 23.2 Å². The maximum absolute atomic E-state index is 13.9. The van der Waals surface area contributed by atoms with Crippen molar-refractivity contribution in [1.82, 2.24) is 5.01 Å². The molecule has 2 atom stereocenters. The zero-order valence-corrected chi connectivity index (χ0v) is 29.7. The van der Waals surface area contributed by atoms with E-state index in [1.165, 1.54) is 16.7 Å². The number of benzene rings is 3. The molecule has 0 bridgehead atoms. The van der Waals surface area contributed by atoms with Crippen LogP contribution in [0, 0.1) is 5.92 Å². The minimum atomic E-state index is -0.151. The van der Waals surface area contributed by atoms with E-state index in [4.69, 9.17) is 33.0 Å². The molecule has 2 aliphatic rings. The van der Waals surface area contributed by atoms with Crippen LogP contribution in [0.3, 0.4) is 0 Å². The average Bonchev–Trinajstić information content (AvgIpc) is 3.45. The van der Waals surface area contributed by atoms with Gasteiger partial charge in [-0.05, 0) is 120 Å². The zero-order valence-electron chi connectivity index (χ0n) is 28.2. The van der Waals surface area contributed by atoms with Gasteiger partial charge in [-0.3, -0.25) is 4.79 Å². The number of amides is 1. The Labute approximate surface area is 285 Å². The summed E-state index contributed by atoms with van der Waals surface area (Å²) in [5.41, 5.74) is 7.06. The van der Waals surface area contributed by atoms with Gasteiger partial charge in [-0.15, -0.1) is 0 Å². The first kappa shape index (κ1) is 34.3. The predicted molar refractivity (Wildman–Crippen MR) is 193 cm³/mol. The zero-order chi connectivity index (χ0) is 33.1. The molecule has 1 saturated carbocycles. The summed E-state index contributed by atoms with van der Waals surface area (Å²) in [5.74, 6) is 1.04. The molecule has 1 heterocycles. The molecule has 46 heavy (non-hydrogen) atoms. The second-order valence-electron chi connectivity index (χ2n) is 14.1. The topological polar surface area (TPSA) is 41.9 Å². The van der Waals surface area contributed by atoms with Crippen molar-refractivity contribution in [2.45, 2.75) is 103 Å². The maximum atomic E-state index is 13.9. The second-order valence-corrected chi connectivity index (χ2v) is 15.0. The van der Waals surface area contributed by atoms with Gasteiger partial charge in [-0.2, -0.15) is 5.10 Å². The van der Waals surface area contributed by atoms with Gasteiger partial charge in [-0.1, -0.05) is 95.1 Å². The number of carbonyl (C=O) groups is 1. The van der Waals surface area contributed by atoms with Gasteiger partial charge in [0.15, 0.2) is 0 Å². The molecular weight excluding hydrogens is 611 g/mol. The molecule has 3 aromatic rings. The largest absolute Gasteiger partial charge is 0.494 e. The van der Waals surface area contributed by atoms with Gasteiger partial charge in [0.1, 0.15) is 5.75 Å². The van der Waals surface area contributed by atoms with Crippen LogP contribution >= 0.6 is 23.2 Å². The van der Waals surface area contributed by atoms with Crippen LogP contribution in [0.5, 0.6) is 5.75 Å². The van der Waals surface area contributed by atoms with Gasteiger partial charge in [0.05, 0.1) is 18.4 Å². The summed E-state index contributed by atoms with van der Waals surface area (Å²) in [7, 11) is 0. The Bertz CT molecular complexity index is 1550. The monoisotopic (exact) mass is 658 g/mol. The lowest BCUT2D eigenvalue weighted by Gasteiger charge is -2.30. The van der Waals surface area contributed by atoms with Gasteiger partial charge in [0.25, 0.3) is 0 Å². The fraction of sp³-hybridized carbons (Fsp3) is 0.450. The van der Waals surface area contributed by atoms with Gasteiger partial charge in [0, 0.05) is 22.4 Å². The first-order valence-corrected chi connectivity index (χ1v) is 17.6. The lowest BCUT2D eigenvalue weighted by atomic mass is 9.76. The normalized spacial score (nSPS) is 19.3. The van der Waals surface area contributed by atoms with E-state index in [9.17, 15) is 4.79 Å². The number of fused-ring (bicyclic) bond motifs is 1. The third kappa shape index (κ3) is 7.72. The van der Waals surface area contributed by atoms with Crippen LogP contribution in [-0.2, 0) is 15.6 Å². The highest BCUT2D eigenvalue weighted by Crippen LogP contribution is 2.45. The second kappa shape index (κ2) is 14.4. The van der Waals surface area contributed by atoms with E-state index in [-0.39, 0.29) is 28.7 Å². The molecule has 4 nitrogen and oxygen atoms in total. The number of carbonyl (C=O) groups excluding carboxylic acids is 1. The fourth-order valence-corrected chi connectivity index (χ4v) is 6.61. The quantitative estimate of drug-likeness (QED) is 0.192. The number of ether oxygens (including phenoxy) is 1. The summed E-state index contributed by atoms with van der Waals surface area (Å²) in [6.07, 6.45) is 8.22. The highest BCUT2D eigenvalue weighted by molar-refractivity contribution is 6.30. The summed E-state index contributed by atoms with van der Waals surface area (Å²) in [6, 6.07) is 22.3. The highest BCUT2D eigenvalue weighted by Gasteiger charge is 2.43. The highest BCUT2D eigenvalue weighted by atomic mass is 35.5. The smallest absolute Gasteiger partial charge is 0.243 e. The number of allylic oxidation sites excluding steroid dienone is 1.